The Morgan fingerprint density at radius 1 is 1.03 bits per heavy atom. The van der Waals surface area contributed by atoms with E-state index in [1.54, 1.807) is 6.21 Å². The number of hydrazone groups is 1. The predicted molar refractivity (Wildman–Crippen MR) is 115 cm³/mol. The quantitative estimate of drug-likeness (QED) is 0.604. The maximum Gasteiger partial charge on any atom is 0.271 e. The van der Waals surface area contributed by atoms with Gasteiger partial charge in [0.05, 0.1) is 19.4 Å². The van der Waals surface area contributed by atoms with Crippen molar-refractivity contribution in [1.82, 2.24) is 10.3 Å². The molecular weight excluding hydrogens is 381 g/mol. The van der Waals surface area contributed by atoms with Gasteiger partial charge in [-0.15, -0.1) is 0 Å². The average molecular weight is 405 g/mol. The summed E-state index contributed by atoms with van der Waals surface area (Å²) in [7, 11) is 0. The van der Waals surface area contributed by atoms with E-state index in [1.807, 2.05) is 18.2 Å². The van der Waals surface area contributed by atoms with Crippen molar-refractivity contribution in [3.8, 4) is 0 Å². The average Bonchev–Trinajstić information content (AvgIpc) is 3.17. The minimum atomic E-state index is -0.376. The highest BCUT2D eigenvalue weighted by Crippen LogP contribution is 2.34. The number of nitrogens with one attached hydrogen (secondary N) is 1. The number of ether oxygens (including phenoxy) is 1. The van der Waals surface area contributed by atoms with Crippen LogP contribution in [0.5, 0.6) is 0 Å². The molecule has 1 N–H and O–H groups in total. The molecule has 154 valence electrons. The maximum atomic E-state index is 13.0. The first-order valence-electron chi connectivity index (χ1n) is 10.1. The molecule has 0 saturated carbocycles. The Labute approximate surface area is 175 Å². The molecule has 4 rings (SSSR count). The molecule has 0 radical (unpaired) electrons. The first-order chi connectivity index (χ1) is 14.7. The molecule has 1 heterocycles. The van der Waals surface area contributed by atoms with Crippen LogP contribution in [0.4, 0.5) is 4.39 Å². The second-order valence-electron chi connectivity index (χ2n) is 7.26. The second kappa shape index (κ2) is 9.50. The number of hydrogen-bond acceptors (Lipinski definition) is 4. The van der Waals surface area contributed by atoms with E-state index in [9.17, 15) is 9.18 Å². The number of carbonyl (C=O) groups is 1. The number of rotatable bonds is 5. The highest BCUT2D eigenvalue weighted by Gasteiger charge is 2.25. The Bertz CT molecular complexity index is 975. The molecule has 0 atom stereocenters. The Morgan fingerprint density at radius 2 is 1.77 bits per heavy atom. The molecule has 2 aromatic carbocycles. The van der Waals surface area contributed by atoms with E-state index in [4.69, 9.17) is 4.74 Å². The number of carbonyl (C=O) groups excluding carboxylic acids is 1. The summed E-state index contributed by atoms with van der Waals surface area (Å²) in [5.41, 5.74) is 7.63. The lowest BCUT2D eigenvalue weighted by Crippen LogP contribution is -2.36. The van der Waals surface area contributed by atoms with Gasteiger partial charge < -0.3 is 9.64 Å². The van der Waals surface area contributed by atoms with Gasteiger partial charge >= 0.3 is 0 Å². The van der Waals surface area contributed by atoms with Crippen LogP contribution in [0, 0.1) is 5.82 Å². The SMILES string of the molecule is O=C(N/N=C/C1=C(N2CCOCC2)C(=C\c2ccccc2)/CC1)c1ccc(F)cc1. The van der Waals surface area contributed by atoms with Gasteiger partial charge in [-0.2, -0.15) is 5.10 Å². The number of benzene rings is 2. The molecule has 0 unspecified atom stereocenters. The van der Waals surface area contributed by atoms with E-state index in [1.165, 1.54) is 41.1 Å². The summed E-state index contributed by atoms with van der Waals surface area (Å²) >= 11 is 0. The molecule has 2 aromatic rings. The summed E-state index contributed by atoms with van der Waals surface area (Å²) in [6.45, 7) is 3.07. The fourth-order valence-electron chi connectivity index (χ4n) is 3.76. The minimum absolute atomic E-state index is 0.363. The van der Waals surface area contributed by atoms with Gasteiger partial charge in [0, 0.05) is 24.4 Å². The third-order valence-corrected chi connectivity index (χ3v) is 5.23. The summed E-state index contributed by atoms with van der Waals surface area (Å²) in [4.78, 5) is 14.6. The van der Waals surface area contributed by atoms with Crippen LogP contribution < -0.4 is 5.43 Å². The summed E-state index contributed by atoms with van der Waals surface area (Å²) < 4.78 is 18.5. The molecule has 1 fully saturated rings. The number of halogens is 1. The van der Waals surface area contributed by atoms with E-state index in [0.29, 0.717) is 18.8 Å². The molecule has 2 aliphatic rings. The van der Waals surface area contributed by atoms with Crippen LogP contribution in [-0.2, 0) is 4.74 Å². The van der Waals surface area contributed by atoms with Crippen molar-refractivity contribution in [3.05, 3.63) is 88.4 Å². The number of amides is 1. The van der Waals surface area contributed by atoms with Gasteiger partial charge in [-0.3, -0.25) is 4.79 Å². The monoisotopic (exact) mass is 405 g/mol. The molecule has 1 aliphatic carbocycles. The first-order valence-corrected chi connectivity index (χ1v) is 10.1. The summed E-state index contributed by atoms with van der Waals surface area (Å²) in [5.74, 6) is -0.739. The molecule has 1 aliphatic heterocycles. The molecule has 30 heavy (non-hydrogen) atoms. The van der Waals surface area contributed by atoms with Crippen LogP contribution in [0.25, 0.3) is 6.08 Å². The molecule has 5 nitrogen and oxygen atoms in total. The van der Waals surface area contributed by atoms with Crippen LogP contribution in [0.1, 0.15) is 28.8 Å². The van der Waals surface area contributed by atoms with Crippen LogP contribution in [0.2, 0.25) is 0 Å². The van der Waals surface area contributed by atoms with Crippen molar-refractivity contribution in [1.29, 1.82) is 0 Å². The smallest absolute Gasteiger partial charge is 0.271 e. The van der Waals surface area contributed by atoms with Crippen molar-refractivity contribution >= 4 is 18.2 Å². The van der Waals surface area contributed by atoms with E-state index in [-0.39, 0.29) is 11.7 Å². The minimum Gasteiger partial charge on any atom is -0.378 e. The van der Waals surface area contributed by atoms with E-state index >= 15 is 0 Å². The van der Waals surface area contributed by atoms with Crippen molar-refractivity contribution in [3.63, 3.8) is 0 Å². The molecule has 0 aromatic heterocycles. The lowest BCUT2D eigenvalue weighted by molar-refractivity contribution is 0.0548. The number of allylic oxidation sites excluding steroid dienone is 2. The van der Waals surface area contributed by atoms with Gasteiger partial charge in [-0.05, 0) is 59.9 Å². The van der Waals surface area contributed by atoms with Crippen molar-refractivity contribution in [2.24, 2.45) is 5.10 Å². The van der Waals surface area contributed by atoms with Crippen molar-refractivity contribution < 1.29 is 13.9 Å². The summed E-state index contributed by atoms with van der Waals surface area (Å²) in [5, 5.41) is 4.18. The second-order valence-corrected chi connectivity index (χ2v) is 7.26. The van der Waals surface area contributed by atoms with Gasteiger partial charge in [0.25, 0.3) is 5.91 Å². The molecule has 6 heteroatoms. The standard InChI is InChI=1S/C24H24FN3O2/c25-22-10-8-19(9-11-22)24(29)27-26-17-21-7-6-20(16-18-4-2-1-3-5-18)23(21)28-12-14-30-15-13-28/h1-5,8-11,16-17H,6-7,12-15H2,(H,27,29)/b20-16-,26-17+. The van der Waals surface area contributed by atoms with Crippen LogP contribution >= 0.6 is 0 Å². The Balaban J connectivity index is 1.55. The normalized spacial score (nSPS) is 18.4. The van der Waals surface area contributed by atoms with Gasteiger partial charge in [0.1, 0.15) is 5.82 Å². The van der Waals surface area contributed by atoms with E-state index < -0.39 is 0 Å². The van der Waals surface area contributed by atoms with Gasteiger partial charge in [0.15, 0.2) is 0 Å². The van der Waals surface area contributed by atoms with Crippen LogP contribution in [0.15, 0.2) is 76.5 Å². The Kier molecular flexibility index (Phi) is 6.35. The van der Waals surface area contributed by atoms with Crippen molar-refractivity contribution in [2.75, 3.05) is 26.3 Å². The Hall–Kier alpha value is -3.25. The topological polar surface area (TPSA) is 53.9 Å². The zero-order valence-electron chi connectivity index (χ0n) is 16.7. The zero-order valence-corrected chi connectivity index (χ0v) is 16.7. The summed E-state index contributed by atoms with van der Waals surface area (Å²) in [6.07, 6.45) is 5.75. The van der Waals surface area contributed by atoms with Gasteiger partial charge in [0.2, 0.25) is 0 Å². The van der Waals surface area contributed by atoms with Crippen molar-refractivity contribution in [2.45, 2.75) is 12.8 Å². The predicted octanol–water partition coefficient (Wildman–Crippen LogP) is 4.01. The lowest BCUT2D eigenvalue weighted by Gasteiger charge is -2.31. The third-order valence-electron chi connectivity index (χ3n) is 5.23. The highest BCUT2D eigenvalue weighted by molar-refractivity contribution is 5.95. The fourth-order valence-corrected chi connectivity index (χ4v) is 3.76. The highest BCUT2D eigenvalue weighted by atomic mass is 19.1. The van der Waals surface area contributed by atoms with E-state index in [0.717, 1.165) is 31.5 Å². The molecule has 1 amide bonds. The zero-order chi connectivity index (χ0) is 20.8. The summed E-state index contributed by atoms with van der Waals surface area (Å²) in [6, 6.07) is 15.7. The molecular formula is C24H24FN3O2. The third kappa shape index (κ3) is 4.83. The number of hydrogen-bond donors (Lipinski definition) is 1. The van der Waals surface area contributed by atoms with E-state index in [2.05, 4.69) is 33.6 Å². The number of nitrogens with zero attached hydrogens (tertiary/aromatic N) is 2. The molecule has 0 bridgehead atoms. The van der Waals surface area contributed by atoms with Gasteiger partial charge in [-0.1, -0.05) is 30.3 Å². The number of morpholine rings is 1. The molecule has 1 saturated heterocycles. The first kappa shape index (κ1) is 20.0. The Morgan fingerprint density at radius 3 is 2.50 bits per heavy atom. The van der Waals surface area contributed by atoms with Crippen LogP contribution in [0.3, 0.4) is 0 Å². The maximum absolute atomic E-state index is 13.0. The molecule has 0 spiro atoms. The fraction of sp³-hybridized carbons (Fsp3) is 0.250. The van der Waals surface area contributed by atoms with Gasteiger partial charge in [-0.25, -0.2) is 9.82 Å². The lowest BCUT2D eigenvalue weighted by atomic mass is 10.1. The largest absolute Gasteiger partial charge is 0.378 e. The van der Waals surface area contributed by atoms with Crippen LogP contribution in [-0.4, -0.2) is 43.3 Å².